The minimum Gasteiger partial charge on any atom is -0.488 e. The number of nitrogens with zero attached hydrogens (tertiary/aromatic N) is 2. The van der Waals surface area contributed by atoms with Gasteiger partial charge in [-0.05, 0) is 18.2 Å². The lowest BCUT2D eigenvalue weighted by atomic mass is 10.2. The van der Waals surface area contributed by atoms with Crippen LogP contribution in [0, 0.1) is 5.82 Å². The molecule has 24 heavy (non-hydrogen) atoms. The normalized spacial score (nSPS) is 11.9. The van der Waals surface area contributed by atoms with Crippen LogP contribution in [0.15, 0.2) is 23.3 Å². The Kier molecular flexibility index (Phi) is 6.06. The molecule has 0 saturated carbocycles. The second-order valence-corrected chi connectivity index (χ2v) is 12.3. The monoisotopic (exact) mass is 356 g/mol. The van der Waals surface area contributed by atoms with Gasteiger partial charge in [0.05, 0.1) is 5.52 Å². The Morgan fingerprint density at radius 3 is 2.67 bits per heavy atom. The van der Waals surface area contributed by atoms with Gasteiger partial charge < -0.3 is 9.47 Å². The van der Waals surface area contributed by atoms with Gasteiger partial charge in [-0.25, -0.2) is 13.8 Å². The van der Waals surface area contributed by atoms with Crippen molar-refractivity contribution in [2.75, 3.05) is 19.9 Å². The van der Waals surface area contributed by atoms with Gasteiger partial charge in [-0.1, -0.05) is 19.6 Å². The molecule has 2 aromatic rings. The molecule has 1 heterocycles. The van der Waals surface area contributed by atoms with Crippen LogP contribution in [-0.4, -0.2) is 37.5 Å². The van der Waals surface area contributed by atoms with E-state index >= 15 is 0 Å². The summed E-state index contributed by atoms with van der Waals surface area (Å²) in [5, 5.41) is -0.178. The summed E-state index contributed by atoms with van der Waals surface area (Å²) in [6.45, 7) is 6.25. The third-order valence-electron chi connectivity index (χ3n) is 3.46. The van der Waals surface area contributed by atoms with E-state index in [9.17, 15) is 13.6 Å². The van der Waals surface area contributed by atoms with E-state index in [1.807, 2.05) is 0 Å². The molecular weight excluding hydrogens is 334 g/mol. The fourth-order valence-electron chi connectivity index (χ4n) is 2.08. The van der Waals surface area contributed by atoms with Gasteiger partial charge in [-0.2, -0.15) is 0 Å². The van der Waals surface area contributed by atoms with Crippen LogP contribution in [0.4, 0.5) is 8.78 Å². The first-order valence-corrected chi connectivity index (χ1v) is 11.5. The highest BCUT2D eigenvalue weighted by atomic mass is 28.3. The fraction of sp³-hybridized carbons (Fsp3) is 0.500. The first kappa shape index (κ1) is 18.5. The number of fused-ring (bicyclic) bond motifs is 1. The smallest absolute Gasteiger partial charge is 0.266 e. The van der Waals surface area contributed by atoms with Crippen molar-refractivity contribution in [1.82, 2.24) is 9.55 Å². The molecule has 0 unspecified atom stereocenters. The summed E-state index contributed by atoms with van der Waals surface area (Å²) in [6, 6.07) is 3.79. The van der Waals surface area contributed by atoms with Crippen molar-refractivity contribution in [1.29, 1.82) is 0 Å². The minimum absolute atomic E-state index is 0.0151. The quantitative estimate of drug-likeness (QED) is 0.538. The number of benzene rings is 1. The minimum atomic E-state index is -1.22. The third kappa shape index (κ3) is 4.61. The molecular formula is C16H22F2N2O3Si. The largest absolute Gasteiger partial charge is 0.488 e. The van der Waals surface area contributed by atoms with E-state index in [4.69, 9.17) is 9.47 Å². The molecule has 0 aliphatic rings. The molecule has 0 saturated heterocycles. The molecule has 8 heteroatoms. The number of ether oxygens (including phenoxy) is 2. The summed E-state index contributed by atoms with van der Waals surface area (Å²) in [5.74, 6) is -0.980. The zero-order chi connectivity index (χ0) is 17.7. The Hall–Kier alpha value is -1.80. The van der Waals surface area contributed by atoms with Crippen molar-refractivity contribution < 1.29 is 18.3 Å². The van der Waals surface area contributed by atoms with Crippen LogP contribution in [0.25, 0.3) is 10.9 Å². The average Bonchev–Trinajstić information content (AvgIpc) is 2.51. The van der Waals surface area contributed by atoms with Crippen molar-refractivity contribution in [3.63, 3.8) is 0 Å². The first-order valence-electron chi connectivity index (χ1n) is 7.77. The van der Waals surface area contributed by atoms with E-state index in [1.54, 1.807) is 0 Å². The molecule has 0 radical (unpaired) electrons. The number of halogens is 2. The second-order valence-electron chi connectivity index (χ2n) is 6.68. The molecule has 0 spiro atoms. The summed E-state index contributed by atoms with van der Waals surface area (Å²) in [4.78, 5) is 16.5. The van der Waals surface area contributed by atoms with Crippen LogP contribution < -0.4 is 10.3 Å². The highest BCUT2D eigenvalue weighted by molar-refractivity contribution is 6.76. The summed E-state index contributed by atoms with van der Waals surface area (Å²) in [5.41, 5.74) is -0.320. The summed E-state index contributed by atoms with van der Waals surface area (Å²) in [6.07, 6.45) is 1.33. The van der Waals surface area contributed by atoms with Crippen LogP contribution in [0.1, 0.15) is 0 Å². The van der Waals surface area contributed by atoms with Gasteiger partial charge in [0.1, 0.15) is 31.7 Å². The molecule has 0 N–H and O–H groups in total. The Bertz CT molecular complexity index is 759. The molecule has 0 amide bonds. The molecule has 0 fully saturated rings. The second kappa shape index (κ2) is 7.85. The van der Waals surface area contributed by atoms with E-state index in [2.05, 4.69) is 24.6 Å². The van der Waals surface area contributed by atoms with E-state index in [1.165, 1.54) is 23.0 Å². The van der Waals surface area contributed by atoms with Crippen LogP contribution in [0.2, 0.25) is 25.7 Å². The summed E-state index contributed by atoms with van der Waals surface area (Å²) >= 11 is 0. The van der Waals surface area contributed by atoms with Gasteiger partial charge in [0.15, 0.2) is 11.6 Å². The summed E-state index contributed by atoms with van der Waals surface area (Å²) in [7, 11) is -1.22. The van der Waals surface area contributed by atoms with Gasteiger partial charge in [-0.3, -0.25) is 9.36 Å². The Morgan fingerprint density at radius 1 is 1.25 bits per heavy atom. The van der Waals surface area contributed by atoms with Crippen LogP contribution in [-0.2, 0) is 11.5 Å². The topological polar surface area (TPSA) is 53.4 Å². The highest BCUT2D eigenvalue weighted by Gasteiger charge is 2.15. The van der Waals surface area contributed by atoms with Crippen molar-refractivity contribution in [2.24, 2.45) is 0 Å². The lowest BCUT2D eigenvalue weighted by Gasteiger charge is -2.15. The van der Waals surface area contributed by atoms with E-state index in [0.29, 0.717) is 6.61 Å². The van der Waals surface area contributed by atoms with Crippen LogP contribution >= 0.6 is 0 Å². The SMILES string of the molecule is C[Si](C)(C)CCOCn1cnc2ccc(OCCF)c(F)c2c1=O. The molecule has 5 nitrogen and oxygen atoms in total. The molecule has 132 valence electrons. The number of hydrogen-bond donors (Lipinski definition) is 0. The van der Waals surface area contributed by atoms with E-state index < -0.39 is 26.1 Å². The predicted octanol–water partition coefficient (Wildman–Crippen LogP) is 3.20. The highest BCUT2D eigenvalue weighted by Crippen LogP contribution is 2.22. The standard InChI is InChI=1S/C16H22F2N2O3Si/c1-24(2,3)9-8-22-11-20-10-19-12-4-5-13(23-7-6-17)15(18)14(12)16(20)21/h4-5,10H,6-9,11H2,1-3H3. The molecule has 1 aromatic heterocycles. The van der Waals surface area contributed by atoms with Gasteiger partial charge >= 0.3 is 0 Å². The zero-order valence-electron chi connectivity index (χ0n) is 14.1. The average molecular weight is 356 g/mol. The van der Waals surface area contributed by atoms with Gasteiger partial charge in [0.25, 0.3) is 5.56 Å². The molecule has 0 atom stereocenters. The van der Waals surface area contributed by atoms with Crippen molar-refractivity contribution in [3.05, 3.63) is 34.6 Å². The van der Waals surface area contributed by atoms with Crippen molar-refractivity contribution in [3.8, 4) is 5.75 Å². The summed E-state index contributed by atoms with van der Waals surface area (Å²) < 4.78 is 38.3. The Balaban J connectivity index is 2.22. The maximum absolute atomic E-state index is 14.4. The van der Waals surface area contributed by atoms with Crippen LogP contribution in [0.5, 0.6) is 5.75 Å². The van der Waals surface area contributed by atoms with Crippen LogP contribution in [0.3, 0.4) is 0 Å². The first-order chi connectivity index (χ1) is 11.3. The Morgan fingerprint density at radius 2 is 2.00 bits per heavy atom. The number of hydrogen-bond acceptors (Lipinski definition) is 4. The van der Waals surface area contributed by atoms with Gasteiger partial charge in [0.2, 0.25) is 0 Å². The lowest BCUT2D eigenvalue weighted by molar-refractivity contribution is 0.0844. The fourth-order valence-corrected chi connectivity index (χ4v) is 2.84. The molecule has 0 bridgehead atoms. The van der Waals surface area contributed by atoms with E-state index in [0.717, 1.165) is 6.04 Å². The molecule has 2 rings (SSSR count). The maximum atomic E-state index is 14.4. The number of aromatic nitrogens is 2. The zero-order valence-corrected chi connectivity index (χ0v) is 15.1. The van der Waals surface area contributed by atoms with Gasteiger partial charge in [0, 0.05) is 14.7 Å². The number of alkyl halides is 1. The van der Waals surface area contributed by atoms with Crippen molar-refractivity contribution in [2.45, 2.75) is 32.4 Å². The number of rotatable bonds is 8. The van der Waals surface area contributed by atoms with Gasteiger partial charge in [-0.15, -0.1) is 0 Å². The Labute approximate surface area is 140 Å². The maximum Gasteiger partial charge on any atom is 0.266 e. The van der Waals surface area contributed by atoms with E-state index in [-0.39, 0.29) is 30.0 Å². The predicted molar refractivity (Wildman–Crippen MR) is 91.5 cm³/mol. The molecule has 1 aromatic carbocycles. The molecule has 0 aliphatic carbocycles. The van der Waals surface area contributed by atoms with Crippen molar-refractivity contribution >= 4 is 19.0 Å². The third-order valence-corrected chi connectivity index (χ3v) is 5.16. The molecule has 0 aliphatic heterocycles. The lowest BCUT2D eigenvalue weighted by Crippen LogP contribution is -2.25.